The van der Waals surface area contributed by atoms with Crippen LogP contribution in [0.5, 0.6) is 0 Å². The molecule has 4 rings (SSSR count). The van der Waals surface area contributed by atoms with Gasteiger partial charge in [-0.3, -0.25) is 9.67 Å². The highest BCUT2D eigenvalue weighted by Crippen LogP contribution is 2.24. The van der Waals surface area contributed by atoms with Gasteiger partial charge in [0, 0.05) is 57.7 Å². The Kier molecular flexibility index (Phi) is 5.26. The first-order valence-electron chi connectivity index (χ1n) is 9.45. The molecule has 0 amide bonds. The number of piperazine rings is 1. The first-order chi connectivity index (χ1) is 13.2. The fraction of sp³-hybridized carbons (Fsp3) is 0.474. The van der Waals surface area contributed by atoms with Gasteiger partial charge in [-0.2, -0.15) is 5.10 Å². The van der Waals surface area contributed by atoms with Crippen molar-refractivity contribution in [2.45, 2.75) is 6.42 Å². The van der Waals surface area contributed by atoms with Gasteiger partial charge in [0.1, 0.15) is 5.82 Å². The van der Waals surface area contributed by atoms with Crippen molar-refractivity contribution in [3.8, 4) is 11.4 Å². The maximum Gasteiger partial charge on any atom is 0.165 e. The Morgan fingerprint density at radius 3 is 2.70 bits per heavy atom. The standard InChI is InChI=1S/C19H26N8/c1-25-9-11-27(12-10-25)8-4-7-21-18-16-14-22-26(2)19(16)24-17(23-18)15-5-3-6-20-13-15/h3,5-6,13-14H,4,7-12H2,1-2H3,(H,21,23,24). The van der Waals surface area contributed by atoms with E-state index >= 15 is 0 Å². The Labute approximate surface area is 159 Å². The molecule has 1 saturated heterocycles. The molecule has 8 heteroatoms. The Bertz CT molecular complexity index is 883. The Morgan fingerprint density at radius 1 is 1.07 bits per heavy atom. The van der Waals surface area contributed by atoms with E-state index in [1.165, 1.54) is 0 Å². The largest absolute Gasteiger partial charge is 0.369 e. The van der Waals surface area contributed by atoms with Crippen LogP contribution in [0.25, 0.3) is 22.4 Å². The van der Waals surface area contributed by atoms with Crippen molar-refractivity contribution in [3.05, 3.63) is 30.7 Å². The van der Waals surface area contributed by atoms with Gasteiger partial charge in [-0.15, -0.1) is 0 Å². The molecule has 3 aromatic rings. The van der Waals surface area contributed by atoms with E-state index in [4.69, 9.17) is 4.98 Å². The number of likely N-dealkylation sites (N-methyl/N-ethyl adjacent to an activating group) is 1. The van der Waals surface area contributed by atoms with Crippen LogP contribution in [0.1, 0.15) is 6.42 Å². The number of aryl methyl sites for hydroxylation is 1. The number of anilines is 1. The molecule has 27 heavy (non-hydrogen) atoms. The van der Waals surface area contributed by atoms with Crippen LogP contribution in [0.15, 0.2) is 30.7 Å². The molecule has 0 aliphatic carbocycles. The molecule has 1 aliphatic rings. The second kappa shape index (κ2) is 7.98. The summed E-state index contributed by atoms with van der Waals surface area (Å²) in [7, 11) is 4.09. The van der Waals surface area contributed by atoms with Crippen LogP contribution in [0, 0.1) is 0 Å². The summed E-state index contributed by atoms with van der Waals surface area (Å²) in [6.07, 6.45) is 6.45. The molecule has 0 saturated carbocycles. The molecule has 8 nitrogen and oxygen atoms in total. The van der Waals surface area contributed by atoms with E-state index in [1.807, 2.05) is 25.4 Å². The monoisotopic (exact) mass is 366 g/mol. The van der Waals surface area contributed by atoms with Gasteiger partial charge in [-0.1, -0.05) is 0 Å². The summed E-state index contributed by atoms with van der Waals surface area (Å²) < 4.78 is 1.78. The molecular weight excluding hydrogens is 340 g/mol. The molecule has 0 bridgehead atoms. The van der Waals surface area contributed by atoms with Gasteiger partial charge in [-0.05, 0) is 32.1 Å². The van der Waals surface area contributed by atoms with Crippen molar-refractivity contribution in [2.24, 2.45) is 7.05 Å². The van der Waals surface area contributed by atoms with Crippen molar-refractivity contribution in [3.63, 3.8) is 0 Å². The van der Waals surface area contributed by atoms with Gasteiger partial charge in [0.25, 0.3) is 0 Å². The van der Waals surface area contributed by atoms with Crippen LogP contribution < -0.4 is 5.32 Å². The van der Waals surface area contributed by atoms with Gasteiger partial charge in [-0.25, -0.2) is 9.97 Å². The fourth-order valence-corrected chi connectivity index (χ4v) is 3.36. The van der Waals surface area contributed by atoms with Crippen LogP contribution >= 0.6 is 0 Å². The van der Waals surface area contributed by atoms with Crippen LogP contribution in [0.4, 0.5) is 5.82 Å². The molecular formula is C19H26N8. The Balaban J connectivity index is 1.46. The van der Waals surface area contributed by atoms with E-state index in [0.717, 1.165) is 68.1 Å². The van der Waals surface area contributed by atoms with E-state index in [9.17, 15) is 0 Å². The summed E-state index contributed by atoms with van der Waals surface area (Å²) in [6, 6.07) is 3.87. The van der Waals surface area contributed by atoms with E-state index in [-0.39, 0.29) is 0 Å². The van der Waals surface area contributed by atoms with Gasteiger partial charge in [0.2, 0.25) is 0 Å². The topological polar surface area (TPSA) is 75.0 Å². The minimum absolute atomic E-state index is 0.667. The van der Waals surface area contributed by atoms with Crippen molar-refractivity contribution < 1.29 is 0 Å². The number of rotatable bonds is 6. The van der Waals surface area contributed by atoms with Crippen LogP contribution in [-0.2, 0) is 7.05 Å². The molecule has 0 aromatic carbocycles. The highest BCUT2D eigenvalue weighted by molar-refractivity contribution is 5.88. The number of fused-ring (bicyclic) bond motifs is 1. The Hall–Kier alpha value is -2.58. The van der Waals surface area contributed by atoms with E-state index in [0.29, 0.717) is 5.82 Å². The lowest BCUT2D eigenvalue weighted by molar-refractivity contribution is 0.154. The van der Waals surface area contributed by atoms with Crippen molar-refractivity contribution >= 4 is 16.9 Å². The molecule has 1 aliphatic heterocycles. The molecule has 1 fully saturated rings. The van der Waals surface area contributed by atoms with Gasteiger partial charge in [0.05, 0.1) is 11.6 Å². The molecule has 0 spiro atoms. The van der Waals surface area contributed by atoms with E-state index < -0.39 is 0 Å². The van der Waals surface area contributed by atoms with Crippen LogP contribution in [-0.4, -0.2) is 80.8 Å². The quantitative estimate of drug-likeness (QED) is 0.662. The zero-order valence-electron chi connectivity index (χ0n) is 16.0. The van der Waals surface area contributed by atoms with Crippen molar-refractivity contribution in [2.75, 3.05) is 51.6 Å². The molecule has 3 aromatic heterocycles. The SMILES string of the molecule is CN1CCN(CCCNc2nc(-c3cccnc3)nc3c2cnn3C)CC1. The average molecular weight is 366 g/mol. The number of nitrogens with one attached hydrogen (secondary N) is 1. The third-order valence-corrected chi connectivity index (χ3v) is 5.05. The molecule has 1 N–H and O–H groups in total. The zero-order chi connectivity index (χ0) is 18.6. The summed E-state index contributed by atoms with van der Waals surface area (Å²) in [5.41, 5.74) is 1.73. The van der Waals surface area contributed by atoms with Crippen molar-refractivity contribution in [1.82, 2.24) is 34.5 Å². The molecule has 0 radical (unpaired) electrons. The van der Waals surface area contributed by atoms with E-state index in [2.05, 4.69) is 37.2 Å². The maximum absolute atomic E-state index is 4.74. The second-order valence-electron chi connectivity index (χ2n) is 7.07. The number of hydrogen-bond acceptors (Lipinski definition) is 7. The third kappa shape index (κ3) is 4.06. The second-order valence-corrected chi connectivity index (χ2v) is 7.07. The predicted octanol–water partition coefficient (Wildman–Crippen LogP) is 1.47. The van der Waals surface area contributed by atoms with E-state index in [1.54, 1.807) is 17.1 Å². The van der Waals surface area contributed by atoms with Crippen LogP contribution in [0.3, 0.4) is 0 Å². The fourth-order valence-electron chi connectivity index (χ4n) is 3.36. The molecule has 0 unspecified atom stereocenters. The first kappa shape index (κ1) is 17.8. The number of hydrogen-bond donors (Lipinski definition) is 1. The molecule has 142 valence electrons. The smallest absolute Gasteiger partial charge is 0.165 e. The van der Waals surface area contributed by atoms with Gasteiger partial charge >= 0.3 is 0 Å². The minimum Gasteiger partial charge on any atom is -0.369 e. The summed E-state index contributed by atoms with van der Waals surface area (Å²) in [5, 5.41) is 8.79. The van der Waals surface area contributed by atoms with Gasteiger partial charge < -0.3 is 15.1 Å². The normalized spacial score (nSPS) is 16.1. The zero-order valence-corrected chi connectivity index (χ0v) is 16.0. The predicted molar refractivity (Wildman–Crippen MR) is 107 cm³/mol. The summed E-state index contributed by atoms with van der Waals surface area (Å²) in [4.78, 5) is 18.5. The molecule has 4 heterocycles. The minimum atomic E-state index is 0.667. The first-order valence-corrected chi connectivity index (χ1v) is 9.45. The highest BCUT2D eigenvalue weighted by Gasteiger charge is 2.14. The average Bonchev–Trinajstić information content (AvgIpc) is 3.08. The molecule has 0 atom stereocenters. The number of nitrogens with zero attached hydrogens (tertiary/aromatic N) is 7. The Morgan fingerprint density at radius 2 is 1.93 bits per heavy atom. The lowest BCUT2D eigenvalue weighted by Crippen LogP contribution is -2.44. The summed E-state index contributed by atoms with van der Waals surface area (Å²) in [5.74, 6) is 1.51. The van der Waals surface area contributed by atoms with Crippen molar-refractivity contribution in [1.29, 1.82) is 0 Å². The lowest BCUT2D eigenvalue weighted by atomic mass is 10.2. The number of aromatic nitrogens is 5. The third-order valence-electron chi connectivity index (χ3n) is 5.05. The van der Waals surface area contributed by atoms with Crippen LogP contribution in [0.2, 0.25) is 0 Å². The highest BCUT2D eigenvalue weighted by atomic mass is 15.3. The maximum atomic E-state index is 4.74. The number of pyridine rings is 1. The summed E-state index contributed by atoms with van der Waals surface area (Å²) in [6.45, 7) is 6.61. The lowest BCUT2D eigenvalue weighted by Gasteiger charge is -2.32. The summed E-state index contributed by atoms with van der Waals surface area (Å²) >= 11 is 0. The van der Waals surface area contributed by atoms with Gasteiger partial charge in [0.15, 0.2) is 11.5 Å².